The molecule has 0 bridgehead atoms. The fraction of sp³-hybridized carbons (Fsp3) is 0.167. The van der Waals surface area contributed by atoms with E-state index in [9.17, 15) is 14.4 Å². The summed E-state index contributed by atoms with van der Waals surface area (Å²) < 4.78 is 0. The van der Waals surface area contributed by atoms with E-state index in [1.54, 1.807) is 24.3 Å². The summed E-state index contributed by atoms with van der Waals surface area (Å²) in [5.74, 6) is -0.566. The first-order valence-corrected chi connectivity index (χ1v) is 8.73. The van der Waals surface area contributed by atoms with Crippen molar-refractivity contribution in [1.29, 1.82) is 0 Å². The molecule has 0 atom stereocenters. The molecule has 6 nitrogen and oxygen atoms in total. The molecule has 0 fully saturated rings. The number of nitrogens with two attached hydrogens (primary N) is 1. The average molecular weight is 357 g/mol. The van der Waals surface area contributed by atoms with E-state index in [1.807, 2.05) is 31.2 Å². The lowest BCUT2D eigenvalue weighted by Gasteiger charge is -2.07. The zero-order chi connectivity index (χ0) is 18.2. The van der Waals surface area contributed by atoms with Crippen LogP contribution in [0, 0.1) is 6.92 Å². The van der Waals surface area contributed by atoms with Gasteiger partial charge in [-0.25, -0.2) is 0 Å². The Morgan fingerprint density at radius 2 is 1.52 bits per heavy atom. The van der Waals surface area contributed by atoms with Gasteiger partial charge in [0.15, 0.2) is 0 Å². The molecule has 0 spiro atoms. The lowest BCUT2D eigenvalue weighted by atomic mass is 10.2. The third-order valence-corrected chi connectivity index (χ3v) is 4.15. The number of hydrogen-bond donors (Lipinski definition) is 3. The first-order chi connectivity index (χ1) is 11.9. The molecular formula is C18H19N3O3S. The van der Waals surface area contributed by atoms with Gasteiger partial charge in [-0.05, 0) is 48.9 Å². The van der Waals surface area contributed by atoms with Crippen LogP contribution < -0.4 is 16.4 Å². The third-order valence-electron chi connectivity index (χ3n) is 3.22. The van der Waals surface area contributed by atoms with Crippen LogP contribution in [0.15, 0.2) is 48.5 Å². The van der Waals surface area contributed by atoms with E-state index in [0.717, 1.165) is 11.3 Å². The summed E-state index contributed by atoms with van der Waals surface area (Å²) in [5, 5.41) is 5.48. The predicted molar refractivity (Wildman–Crippen MR) is 101 cm³/mol. The molecule has 0 saturated carbocycles. The van der Waals surface area contributed by atoms with Crippen molar-refractivity contribution in [2.45, 2.75) is 6.92 Å². The number of primary amides is 1. The highest BCUT2D eigenvalue weighted by Gasteiger charge is 2.07. The molecule has 0 saturated heterocycles. The van der Waals surface area contributed by atoms with Gasteiger partial charge in [-0.1, -0.05) is 12.1 Å². The standard InChI is InChI=1S/C18H19N3O3S/c1-12-3-2-4-15(9-12)21-17(23)11-25-10-16(22)20-14-7-5-13(6-8-14)18(19)24/h2-9H,10-11H2,1H3,(H2,19,24)(H,20,22)(H,21,23). The highest BCUT2D eigenvalue weighted by molar-refractivity contribution is 8.00. The van der Waals surface area contributed by atoms with Crippen LogP contribution in [0.1, 0.15) is 15.9 Å². The number of nitrogens with one attached hydrogen (secondary N) is 2. The van der Waals surface area contributed by atoms with E-state index in [2.05, 4.69) is 10.6 Å². The van der Waals surface area contributed by atoms with Crippen molar-refractivity contribution < 1.29 is 14.4 Å². The molecule has 7 heteroatoms. The first kappa shape index (κ1) is 18.5. The maximum Gasteiger partial charge on any atom is 0.248 e. The molecule has 2 rings (SSSR count). The Morgan fingerprint density at radius 3 is 2.08 bits per heavy atom. The molecule has 0 aliphatic heterocycles. The van der Waals surface area contributed by atoms with Gasteiger partial charge < -0.3 is 16.4 Å². The van der Waals surface area contributed by atoms with Crippen molar-refractivity contribution in [2.24, 2.45) is 5.73 Å². The molecule has 2 aromatic carbocycles. The van der Waals surface area contributed by atoms with Crippen LogP contribution >= 0.6 is 11.8 Å². The lowest BCUT2D eigenvalue weighted by molar-refractivity contribution is -0.114. The van der Waals surface area contributed by atoms with Gasteiger partial charge in [-0.3, -0.25) is 14.4 Å². The zero-order valence-electron chi connectivity index (χ0n) is 13.7. The molecule has 130 valence electrons. The summed E-state index contributed by atoms with van der Waals surface area (Å²) in [7, 11) is 0. The maximum atomic E-state index is 11.9. The summed E-state index contributed by atoms with van der Waals surface area (Å²) in [6.07, 6.45) is 0. The molecule has 25 heavy (non-hydrogen) atoms. The molecular weight excluding hydrogens is 338 g/mol. The number of hydrogen-bond acceptors (Lipinski definition) is 4. The zero-order valence-corrected chi connectivity index (χ0v) is 14.6. The largest absolute Gasteiger partial charge is 0.366 e. The number of rotatable bonds is 7. The molecule has 0 unspecified atom stereocenters. The van der Waals surface area contributed by atoms with Gasteiger partial charge in [-0.15, -0.1) is 11.8 Å². The Bertz CT molecular complexity index is 775. The van der Waals surface area contributed by atoms with E-state index >= 15 is 0 Å². The molecule has 0 heterocycles. The Labute approximate surface area is 150 Å². The monoisotopic (exact) mass is 357 g/mol. The Balaban J connectivity index is 1.72. The molecule has 4 N–H and O–H groups in total. The normalized spacial score (nSPS) is 10.1. The van der Waals surface area contributed by atoms with Crippen molar-refractivity contribution in [3.05, 3.63) is 59.7 Å². The predicted octanol–water partition coefficient (Wildman–Crippen LogP) is 2.40. The summed E-state index contributed by atoms with van der Waals surface area (Å²) in [5.41, 5.74) is 7.90. The fourth-order valence-electron chi connectivity index (χ4n) is 2.07. The Morgan fingerprint density at radius 1 is 0.920 bits per heavy atom. The molecule has 3 amide bonds. The molecule has 0 aliphatic carbocycles. The van der Waals surface area contributed by atoms with Crippen LogP contribution in [0.2, 0.25) is 0 Å². The topological polar surface area (TPSA) is 101 Å². The second-order valence-electron chi connectivity index (χ2n) is 5.40. The van der Waals surface area contributed by atoms with Gasteiger partial charge in [-0.2, -0.15) is 0 Å². The number of anilines is 2. The van der Waals surface area contributed by atoms with E-state index < -0.39 is 5.91 Å². The van der Waals surface area contributed by atoms with Gasteiger partial charge in [0.05, 0.1) is 11.5 Å². The molecule has 0 aliphatic rings. The van der Waals surface area contributed by atoms with Crippen LogP contribution in [-0.2, 0) is 9.59 Å². The number of benzene rings is 2. The third kappa shape index (κ3) is 6.31. The summed E-state index contributed by atoms with van der Waals surface area (Å²) in [6.45, 7) is 1.95. The van der Waals surface area contributed by atoms with Gasteiger partial charge >= 0.3 is 0 Å². The van der Waals surface area contributed by atoms with E-state index in [4.69, 9.17) is 5.73 Å². The molecule has 0 radical (unpaired) electrons. The van der Waals surface area contributed by atoms with E-state index in [0.29, 0.717) is 11.3 Å². The quantitative estimate of drug-likeness (QED) is 0.708. The van der Waals surface area contributed by atoms with Crippen molar-refractivity contribution in [3.63, 3.8) is 0 Å². The van der Waals surface area contributed by atoms with Gasteiger partial charge in [0, 0.05) is 16.9 Å². The van der Waals surface area contributed by atoms with Crippen LogP contribution in [0.3, 0.4) is 0 Å². The Kier molecular flexibility index (Phi) is 6.59. The van der Waals surface area contributed by atoms with E-state index in [1.165, 1.54) is 11.8 Å². The fourth-order valence-corrected chi connectivity index (χ4v) is 2.69. The summed E-state index contributed by atoms with van der Waals surface area (Å²) >= 11 is 1.22. The second kappa shape index (κ2) is 8.89. The summed E-state index contributed by atoms with van der Waals surface area (Å²) in [6, 6.07) is 13.8. The Hall–Kier alpha value is -2.80. The summed E-state index contributed by atoms with van der Waals surface area (Å²) in [4.78, 5) is 34.7. The van der Waals surface area contributed by atoms with Crippen molar-refractivity contribution in [2.75, 3.05) is 22.1 Å². The van der Waals surface area contributed by atoms with Crippen LogP contribution in [-0.4, -0.2) is 29.2 Å². The van der Waals surface area contributed by atoms with Crippen LogP contribution in [0.25, 0.3) is 0 Å². The molecule has 2 aromatic rings. The van der Waals surface area contributed by atoms with Crippen LogP contribution in [0.5, 0.6) is 0 Å². The smallest absolute Gasteiger partial charge is 0.248 e. The first-order valence-electron chi connectivity index (χ1n) is 7.58. The second-order valence-corrected chi connectivity index (χ2v) is 6.39. The molecule has 0 aromatic heterocycles. The van der Waals surface area contributed by atoms with E-state index in [-0.39, 0.29) is 23.3 Å². The average Bonchev–Trinajstić information content (AvgIpc) is 2.55. The number of carbonyl (C=O) groups excluding carboxylic acids is 3. The SMILES string of the molecule is Cc1cccc(NC(=O)CSCC(=O)Nc2ccc(C(N)=O)cc2)c1. The van der Waals surface area contributed by atoms with Crippen molar-refractivity contribution in [1.82, 2.24) is 0 Å². The number of amides is 3. The highest BCUT2D eigenvalue weighted by atomic mass is 32.2. The van der Waals surface area contributed by atoms with Crippen molar-refractivity contribution in [3.8, 4) is 0 Å². The maximum absolute atomic E-state index is 11.9. The lowest BCUT2D eigenvalue weighted by Crippen LogP contribution is -2.18. The van der Waals surface area contributed by atoms with Gasteiger partial charge in [0.2, 0.25) is 17.7 Å². The van der Waals surface area contributed by atoms with Crippen molar-refractivity contribution >= 4 is 40.9 Å². The minimum absolute atomic E-state index is 0.152. The number of carbonyl (C=O) groups is 3. The van der Waals surface area contributed by atoms with Gasteiger partial charge in [0.1, 0.15) is 0 Å². The minimum atomic E-state index is -0.520. The minimum Gasteiger partial charge on any atom is -0.366 e. The van der Waals surface area contributed by atoms with Crippen LogP contribution in [0.4, 0.5) is 11.4 Å². The number of thioether (sulfide) groups is 1. The number of aryl methyl sites for hydroxylation is 1. The highest BCUT2D eigenvalue weighted by Crippen LogP contribution is 2.12. The van der Waals surface area contributed by atoms with Gasteiger partial charge in [0.25, 0.3) is 0 Å².